The maximum Gasteiger partial charge on any atom is 0.308 e. The van der Waals surface area contributed by atoms with Crippen molar-refractivity contribution in [3.63, 3.8) is 0 Å². The molecule has 1 unspecified atom stereocenters. The van der Waals surface area contributed by atoms with E-state index in [1.165, 1.54) is 0 Å². The SMILES string of the molecule is CCC(CNC(=O)c1c(F)cc(Br)cc1F)C(=O)O. The second-order valence-corrected chi connectivity index (χ2v) is 4.81. The van der Waals surface area contributed by atoms with Crippen molar-refractivity contribution < 1.29 is 23.5 Å². The summed E-state index contributed by atoms with van der Waals surface area (Å²) in [5.74, 6) is -4.84. The maximum atomic E-state index is 13.5. The van der Waals surface area contributed by atoms with Gasteiger partial charge in [0.15, 0.2) is 0 Å². The van der Waals surface area contributed by atoms with Gasteiger partial charge in [-0.15, -0.1) is 0 Å². The number of carboxylic acids is 1. The lowest BCUT2D eigenvalue weighted by atomic mass is 10.1. The molecule has 1 aromatic rings. The highest BCUT2D eigenvalue weighted by Gasteiger charge is 2.21. The average molecular weight is 336 g/mol. The molecule has 0 aliphatic carbocycles. The van der Waals surface area contributed by atoms with Crippen LogP contribution >= 0.6 is 15.9 Å². The predicted molar refractivity (Wildman–Crippen MR) is 67.8 cm³/mol. The van der Waals surface area contributed by atoms with Gasteiger partial charge in [-0.1, -0.05) is 22.9 Å². The third-order valence-electron chi connectivity index (χ3n) is 2.59. The molecule has 0 saturated carbocycles. The summed E-state index contributed by atoms with van der Waals surface area (Å²) in [5, 5.41) is 11.0. The fraction of sp³-hybridized carbons (Fsp3) is 0.333. The normalized spacial score (nSPS) is 12.0. The molecule has 1 amide bonds. The number of aliphatic carboxylic acids is 1. The lowest BCUT2D eigenvalue weighted by Gasteiger charge is -2.12. The first kappa shape index (κ1) is 15.6. The van der Waals surface area contributed by atoms with Gasteiger partial charge in [-0.3, -0.25) is 9.59 Å². The van der Waals surface area contributed by atoms with E-state index in [9.17, 15) is 18.4 Å². The Balaban J connectivity index is 2.82. The summed E-state index contributed by atoms with van der Waals surface area (Å²) in [6, 6.07) is 1.93. The second kappa shape index (κ2) is 6.60. The Hall–Kier alpha value is -1.50. The van der Waals surface area contributed by atoms with Crippen LogP contribution in [0.15, 0.2) is 16.6 Å². The van der Waals surface area contributed by atoms with Crippen LogP contribution in [0.1, 0.15) is 23.7 Å². The molecule has 1 atom stereocenters. The number of rotatable bonds is 5. The van der Waals surface area contributed by atoms with Gasteiger partial charge in [0.25, 0.3) is 5.91 Å². The lowest BCUT2D eigenvalue weighted by molar-refractivity contribution is -0.141. The molecule has 104 valence electrons. The van der Waals surface area contributed by atoms with Gasteiger partial charge >= 0.3 is 5.97 Å². The van der Waals surface area contributed by atoms with Crippen LogP contribution in [0.25, 0.3) is 0 Å². The Labute approximate surface area is 116 Å². The molecule has 0 aromatic heterocycles. The second-order valence-electron chi connectivity index (χ2n) is 3.90. The van der Waals surface area contributed by atoms with Gasteiger partial charge < -0.3 is 10.4 Å². The van der Waals surface area contributed by atoms with Crippen LogP contribution in [0.2, 0.25) is 0 Å². The topological polar surface area (TPSA) is 66.4 Å². The summed E-state index contributed by atoms with van der Waals surface area (Å²) in [6.07, 6.45) is 0.306. The number of hydrogen-bond donors (Lipinski definition) is 2. The molecule has 1 rings (SSSR count). The highest BCUT2D eigenvalue weighted by molar-refractivity contribution is 9.10. The van der Waals surface area contributed by atoms with E-state index in [1.54, 1.807) is 6.92 Å². The summed E-state index contributed by atoms with van der Waals surface area (Å²) in [4.78, 5) is 22.4. The molecule has 0 aliphatic heterocycles. The number of hydrogen-bond acceptors (Lipinski definition) is 2. The Bertz CT molecular complexity index is 485. The number of amides is 1. The van der Waals surface area contributed by atoms with Gasteiger partial charge in [0.2, 0.25) is 0 Å². The van der Waals surface area contributed by atoms with E-state index in [0.717, 1.165) is 12.1 Å². The third kappa shape index (κ3) is 3.99. The van der Waals surface area contributed by atoms with Gasteiger partial charge in [0.1, 0.15) is 17.2 Å². The highest BCUT2D eigenvalue weighted by atomic mass is 79.9. The van der Waals surface area contributed by atoms with Crippen LogP contribution in [0.5, 0.6) is 0 Å². The zero-order valence-corrected chi connectivity index (χ0v) is 11.6. The fourth-order valence-corrected chi connectivity index (χ4v) is 1.87. The summed E-state index contributed by atoms with van der Waals surface area (Å²) in [5.41, 5.74) is -0.719. The molecule has 0 saturated heterocycles. The molecule has 4 nitrogen and oxygen atoms in total. The first-order chi connectivity index (χ1) is 8.86. The van der Waals surface area contributed by atoms with Crippen LogP contribution in [-0.2, 0) is 4.79 Å². The van der Waals surface area contributed by atoms with Crippen LogP contribution in [0.3, 0.4) is 0 Å². The minimum absolute atomic E-state index is 0.177. The van der Waals surface area contributed by atoms with Crippen molar-refractivity contribution in [2.75, 3.05) is 6.54 Å². The highest BCUT2D eigenvalue weighted by Crippen LogP contribution is 2.19. The van der Waals surface area contributed by atoms with Crippen LogP contribution in [0, 0.1) is 17.6 Å². The number of carbonyl (C=O) groups excluding carboxylic acids is 1. The smallest absolute Gasteiger partial charge is 0.308 e. The summed E-state index contributed by atoms with van der Waals surface area (Å²) >= 11 is 2.90. The summed E-state index contributed by atoms with van der Waals surface area (Å²) in [6.45, 7) is 1.46. The van der Waals surface area contributed by atoms with Gasteiger partial charge in [-0.25, -0.2) is 8.78 Å². The van der Waals surface area contributed by atoms with Crippen LogP contribution in [0.4, 0.5) is 8.78 Å². The average Bonchev–Trinajstić information content (AvgIpc) is 2.27. The van der Waals surface area contributed by atoms with E-state index < -0.39 is 35.0 Å². The van der Waals surface area contributed by atoms with Crippen molar-refractivity contribution >= 4 is 27.8 Å². The molecule has 1 aromatic carbocycles. The summed E-state index contributed by atoms with van der Waals surface area (Å²) in [7, 11) is 0. The molecule has 0 aliphatic rings. The van der Waals surface area contributed by atoms with E-state index in [-0.39, 0.29) is 11.0 Å². The molecular formula is C12H12BrF2NO3. The van der Waals surface area contributed by atoms with Crippen molar-refractivity contribution in [2.24, 2.45) is 5.92 Å². The molecule has 0 heterocycles. The molecule has 0 fully saturated rings. The van der Waals surface area contributed by atoms with Gasteiger partial charge in [-0.05, 0) is 18.6 Å². The van der Waals surface area contributed by atoms with Crippen LogP contribution < -0.4 is 5.32 Å². The van der Waals surface area contributed by atoms with Crippen molar-refractivity contribution in [1.29, 1.82) is 0 Å². The molecular weight excluding hydrogens is 324 g/mol. The minimum atomic E-state index is -1.07. The zero-order valence-electron chi connectivity index (χ0n) is 10.0. The number of benzene rings is 1. The summed E-state index contributed by atoms with van der Waals surface area (Å²) < 4.78 is 27.1. The number of nitrogens with one attached hydrogen (secondary N) is 1. The maximum absolute atomic E-state index is 13.5. The Morgan fingerprint density at radius 2 is 1.89 bits per heavy atom. The van der Waals surface area contributed by atoms with Crippen molar-refractivity contribution in [1.82, 2.24) is 5.32 Å². The molecule has 0 spiro atoms. The van der Waals surface area contributed by atoms with E-state index in [1.807, 2.05) is 0 Å². The van der Waals surface area contributed by atoms with Gasteiger partial charge in [0.05, 0.1) is 5.92 Å². The zero-order chi connectivity index (χ0) is 14.6. The van der Waals surface area contributed by atoms with E-state index in [4.69, 9.17) is 5.11 Å². The molecule has 7 heteroatoms. The van der Waals surface area contributed by atoms with Crippen molar-refractivity contribution in [2.45, 2.75) is 13.3 Å². The van der Waals surface area contributed by atoms with E-state index >= 15 is 0 Å². The first-order valence-electron chi connectivity index (χ1n) is 5.52. The van der Waals surface area contributed by atoms with Gasteiger partial charge in [-0.2, -0.15) is 0 Å². The number of carboxylic acid groups (broad SMARTS) is 1. The molecule has 0 bridgehead atoms. The Morgan fingerprint density at radius 1 is 1.37 bits per heavy atom. The van der Waals surface area contributed by atoms with Crippen molar-refractivity contribution in [3.8, 4) is 0 Å². The predicted octanol–water partition coefficient (Wildman–Crippen LogP) is 2.57. The lowest BCUT2D eigenvalue weighted by Crippen LogP contribution is -2.33. The van der Waals surface area contributed by atoms with E-state index in [0.29, 0.717) is 6.42 Å². The molecule has 2 N–H and O–H groups in total. The van der Waals surface area contributed by atoms with E-state index in [2.05, 4.69) is 21.2 Å². The molecule has 0 radical (unpaired) electrons. The Morgan fingerprint density at radius 3 is 2.32 bits per heavy atom. The van der Waals surface area contributed by atoms with Crippen LogP contribution in [-0.4, -0.2) is 23.5 Å². The number of halogens is 3. The van der Waals surface area contributed by atoms with Gasteiger partial charge in [0, 0.05) is 11.0 Å². The first-order valence-corrected chi connectivity index (χ1v) is 6.31. The molecule has 19 heavy (non-hydrogen) atoms. The minimum Gasteiger partial charge on any atom is -0.481 e. The van der Waals surface area contributed by atoms with Crippen molar-refractivity contribution in [3.05, 3.63) is 33.8 Å². The largest absolute Gasteiger partial charge is 0.481 e. The Kier molecular flexibility index (Phi) is 5.41. The quantitative estimate of drug-likeness (QED) is 0.869. The monoisotopic (exact) mass is 335 g/mol. The fourth-order valence-electron chi connectivity index (χ4n) is 1.47. The standard InChI is InChI=1S/C12H12BrF2NO3/c1-2-6(12(18)19)5-16-11(17)10-8(14)3-7(13)4-9(10)15/h3-4,6H,2,5H2,1H3,(H,16,17)(H,18,19). The number of carbonyl (C=O) groups is 2. The third-order valence-corrected chi connectivity index (χ3v) is 3.04.